The van der Waals surface area contributed by atoms with Crippen molar-refractivity contribution in [3.63, 3.8) is 0 Å². The number of aliphatic hydroxyl groups excluding tert-OH is 1. The lowest BCUT2D eigenvalue weighted by Gasteiger charge is -2.34. The summed E-state index contributed by atoms with van der Waals surface area (Å²) in [7, 11) is 0. The van der Waals surface area contributed by atoms with Crippen molar-refractivity contribution < 1.29 is 23.0 Å². The molecule has 1 atom stereocenters. The third kappa shape index (κ3) is 4.61. The van der Waals surface area contributed by atoms with Gasteiger partial charge in [0.1, 0.15) is 12.4 Å². The molecule has 0 radical (unpaired) electrons. The van der Waals surface area contributed by atoms with E-state index in [0.29, 0.717) is 39.1 Å². The maximum absolute atomic E-state index is 12.5. The lowest BCUT2D eigenvalue weighted by Crippen LogP contribution is -2.44. The van der Waals surface area contributed by atoms with Crippen molar-refractivity contribution in [2.45, 2.75) is 32.0 Å². The van der Waals surface area contributed by atoms with E-state index in [1.165, 1.54) is 0 Å². The number of ether oxygens (including phenoxy) is 1. The number of alkyl halides is 3. The van der Waals surface area contributed by atoms with E-state index >= 15 is 0 Å². The second-order valence-electron chi connectivity index (χ2n) is 5.78. The normalized spacial score (nSPS) is 19.1. The van der Waals surface area contributed by atoms with Crippen LogP contribution in [-0.4, -0.2) is 48.5 Å². The maximum atomic E-state index is 12.5. The van der Waals surface area contributed by atoms with Gasteiger partial charge in [-0.1, -0.05) is 18.2 Å². The van der Waals surface area contributed by atoms with E-state index in [4.69, 9.17) is 4.74 Å². The molecule has 1 aliphatic heterocycles. The minimum Gasteiger partial charge on any atom is -0.492 e. The highest BCUT2D eigenvalue weighted by Gasteiger charge is 2.44. The summed E-state index contributed by atoms with van der Waals surface area (Å²) in [6, 6.07) is 7.73. The minimum absolute atomic E-state index is 0.366. The average Bonchev–Trinajstić information content (AvgIpc) is 2.48. The molecule has 2 rings (SSSR count). The van der Waals surface area contributed by atoms with Gasteiger partial charge in [0.25, 0.3) is 0 Å². The molecule has 124 valence electrons. The molecule has 0 aromatic heterocycles. The Morgan fingerprint density at radius 1 is 1.27 bits per heavy atom. The predicted molar refractivity (Wildman–Crippen MR) is 77.9 cm³/mol. The van der Waals surface area contributed by atoms with Crippen LogP contribution < -0.4 is 4.74 Å². The highest BCUT2D eigenvalue weighted by Crippen LogP contribution is 2.31. The molecule has 1 aromatic carbocycles. The van der Waals surface area contributed by atoms with Gasteiger partial charge < -0.3 is 9.84 Å². The van der Waals surface area contributed by atoms with Crippen LogP contribution in [0.4, 0.5) is 13.2 Å². The van der Waals surface area contributed by atoms with E-state index in [0.717, 1.165) is 11.3 Å². The quantitative estimate of drug-likeness (QED) is 0.906. The summed E-state index contributed by atoms with van der Waals surface area (Å²) in [5.74, 6) is 0.151. The summed E-state index contributed by atoms with van der Waals surface area (Å²) in [5, 5.41) is 9.28. The number of benzene rings is 1. The Kier molecular flexibility index (Phi) is 5.69. The van der Waals surface area contributed by atoms with E-state index in [1.807, 2.05) is 31.2 Å². The van der Waals surface area contributed by atoms with Crippen molar-refractivity contribution >= 4 is 0 Å². The highest BCUT2D eigenvalue weighted by atomic mass is 19.4. The first-order valence-corrected chi connectivity index (χ1v) is 7.53. The number of rotatable bonds is 5. The molecule has 0 aliphatic carbocycles. The van der Waals surface area contributed by atoms with Gasteiger partial charge in [0.2, 0.25) is 0 Å². The molecule has 1 heterocycles. The summed E-state index contributed by atoms with van der Waals surface area (Å²) in [5.41, 5.74) is 1.06. The minimum atomic E-state index is -4.51. The number of para-hydroxylation sites is 1. The summed E-state index contributed by atoms with van der Waals surface area (Å²) in [6.45, 7) is 4.30. The molecule has 0 spiro atoms. The monoisotopic (exact) mass is 317 g/mol. The standard InChI is InChI=1S/C16H22F3NO2/c1-12-4-2-3-5-14(12)22-11-10-20-8-6-13(7-9-20)15(21)16(17,18)19/h2-5,13,15,21H,6-11H2,1H3. The van der Waals surface area contributed by atoms with Crippen LogP contribution >= 0.6 is 0 Å². The number of halogens is 3. The van der Waals surface area contributed by atoms with Gasteiger partial charge in [-0.15, -0.1) is 0 Å². The first kappa shape index (κ1) is 17.1. The third-order valence-electron chi connectivity index (χ3n) is 4.17. The SMILES string of the molecule is Cc1ccccc1OCCN1CCC(C(O)C(F)(F)F)CC1. The number of hydrogen-bond donors (Lipinski definition) is 1. The van der Waals surface area contributed by atoms with Crippen molar-refractivity contribution in [2.75, 3.05) is 26.2 Å². The summed E-state index contributed by atoms with van der Waals surface area (Å²) in [6.07, 6.45) is -5.98. The van der Waals surface area contributed by atoms with Crippen LogP contribution in [0.1, 0.15) is 18.4 Å². The number of nitrogens with zero attached hydrogens (tertiary/aromatic N) is 1. The third-order valence-corrected chi connectivity index (χ3v) is 4.17. The molecule has 0 amide bonds. The fourth-order valence-corrected chi connectivity index (χ4v) is 2.76. The van der Waals surface area contributed by atoms with Crippen molar-refractivity contribution in [1.29, 1.82) is 0 Å². The molecular formula is C16H22F3NO2. The molecule has 1 saturated heterocycles. The van der Waals surface area contributed by atoms with Gasteiger partial charge in [-0.2, -0.15) is 13.2 Å². The van der Waals surface area contributed by atoms with Crippen LogP contribution in [0.5, 0.6) is 5.75 Å². The molecule has 3 nitrogen and oxygen atoms in total. The summed E-state index contributed by atoms with van der Waals surface area (Å²) < 4.78 is 43.1. The van der Waals surface area contributed by atoms with Crippen LogP contribution in [-0.2, 0) is 0 Å². The lowest BCUT2D eigenvalue weighted by atomic mass is 9.91. The molecule has 1 aromatic rings. The van der Waals surface area contributed by atoms with Gasteiger partial charge in [-0.3, -0.25) is 4.90 Å². The van der Waals surface area contributed by atoms with E-state index in [2.05, 4.69) is 4.90 Å². The van der Waals surface area contributed by atoms with Crippen molar-refractivity contribution in [3.05, 3.63) is 29.8 Å². The zero-order valence-corrected chi connectivity index (χ0v) is 12.6. The van der Waals surface area contributed by atoms with Crippen LogP contribution in [0.2, 0.25) is 0 Å². The van der Waals surface area contributed by atoms with Crippen LogP contribution in [0, 0.1) is 12.8 Å². The topological polar surface area (TPSA) is 32.7 Å². The Bertz CT molecular complexity index is 471. The number of likely N-dealkylation sites (tertiary alicyclic amines) is 1. The molecular weight excluding hydrogens is 295 g/mol. The molecule has 22 heavy (non-hydrogen) atoms. The molecule has 0 saturated carbocycles. The summed E-state index contributed by atoms with van der Waals surface area (Å²) >= 11 is 0. The maximum Gasteiger partial charge on any atom is 0.414 e. The van der Waals surface area contributed by atoms with E-state index in [-0.39, 0.29) is 0 Å². The Morgan fingerprint density at radius 2 is 1.91 bits per heavy atom. The fourth-order valence-electron chi connectivity index (χ4n) is 2.76. The Balaban J connectivity index is 1.71. The molecule has 6 heteroatoms. The van der Waals surface area contributed by atoms with Gasteiger partial charge in [-0.25, -0.2) is 0 Å². The van der Waals surface area contributed by atoms with Crippen molar-refractivity contribution in [3.8, 4) is 5.75 Å². The van der Waals surface area contributed by atoms with E-state index in [1.54, 1.807) is 0 Å². The molecule has 1 N–H and O–H groups in total. The first-order chi connectivity index (χ1) is 10.4. The Labute approximate surface area is 128 Å². The van der Waals surface area contributed by atoms with Gasteiger partial charge in [0, 0.05) is 6.54 Å². The first-order valence-electron chi connectivity index (χ1n) is 7.53. The number of piperidine rings is 1. The van der Waals surface area contributed by atoms with Crippen LogP contribution in [0.3, 0.4) is 0 Å². The second kappa shape index (κ2) is 7.33. The zero-order chi connectivity index (χ0) is 16.2. The second-order valence-corrected chi connectivity index (χ2v) is 5.78. The van der Waals surface area contributed by atoms with Gasteiger partial charge in [-0.05, 0) is 50.4 Å². The predicted octanol–water partition coefficient (Wildman–Crippen LogP) is 3.01. The summed E-state index contributed by atoms with van der Waals surface area (Å²) in [4.78, 5) is 2.08. The Hall–Kier alpha value is -1.27. The van der Waals surface area contributed by atoms with Gasteiger partial charge in [0.15, 0.2) is 6.10 Å². The van der Waals surface area contributed by atoms with Crippen molar-refractivity contribution in [1.82, 2.24) is 4.90 Å². The van der Waals surface area contributed by atoms with E-state index in [9.17, 15) is 18.3 Å². The van der Waals surface area contributed by atoms with Gasteiger partial charge >= 0.3 is 6.18 Å². The van der Waals surface area contributed by atoms with Crippen LogP contribution in [0.25, 0.3) is 0 Å². The Morgan fingerprint density at radius 3 is 2.50 bits per heavy atom. The number of aryl methyl sites for hydroxylation is 1. The van der Waals surface area contributed by atoms with E-state index < -0.39 is 18.2 Å². The van der Waals surface area contributed by atoms with Crippen molar-refractivity contribution in [2.24, 2.45) is 5.92 Å². The van der Waals surface area contributed by atoms with Crippen LogP contribution in [0.15, 0.2) is 24.3 Å². The fraction of sp³-hybridized carbons (Fsp3) is 0.625. The largest absolute Gasteiger partial charge is 0.492 e. The molecule has 1 aliphatic rings. The smallest absolute Gasteiger partial charge is 0.414 e. The molecule has 1 fully saturated rings. The number of aliphatic hydroxyl groups is 1. The average molecular weight is 317 g/mol. The highest BCUT2D eigenvalue weighted by molar-refractivity contribution is 5.31. The van der Waals surface area contributed by atoms with Gasteiger partial charge in [0.05, 0.1) is 0 Å². The molecule has 0 bridgehead atoms. The molecule has 1 unspecified atom stereocenters. The zero-order valence-electron chi connectivity index (χ0n) is 12.6. The lowest BCUT2D eigenvalue weighted by molar-refractivity contribution is -0.223. The number of hydrogen-bond acceptors (Lipinski definition) is 3.